The van der Waals surface area contributed by atoms with Crippen molar-refractivity contribution in [2.24, 2.45) is 0 Å². The van der Waals surface area contributed by atoms with Crippen molar-refractivity contribution < 1.29 is 14.8 Å². The lowest BCUT2D eigenvalue weighted by Crippen LogP contribution is -2.46. The maximum Gasteiger partial charge on any atom is 0.322 e. The molecule has 1 heterocycles. The summed E-state index contributed by atoms with van der Waals surface area (Å²) >= 11 is 1.94. The fraction of sp³-hybridized carbons (Fsp3) is 0.692. The van der Waals surface area contributed by atoms with Gasteiger partial charge in [0.1, 0.15) is 0 Å². The Bertz CT molecular complexity index is 747. The normalized spacial score (nSPS) is 20.6. The standard InChI is InChI=1S/C26H42N4O3S/c1-34-24-16-10-21(11-17-24)27-26(32)30(20-8-3-2-5-9-25(31)28-33)23-14-12-22(13-15-23)29-18-6-4-7-19-29/h12-15,21,24,33H,2-11,16-20H2,1H3,(H,27,32)(H,28,31). The number of hydrogen-bond acceptors (Lipinski definition) is 5. The number of thioether (sulfide) groups is 1. The van der Waals surface area contributed by atoms with Crippen molar-refractivity contribution in [1.29, 1.82) is 0 Å². The molecule has 1 saturated carbocycles. The van der Waals surface area contributed by atoms with Crippen LogP contribution in [0.25, 0.3) is 0 Å². The molecule has 0 aromatic heterocycles. The number of piperidine rings is 1. The lowest BCUT2D eigenvalue weighted by Gasteiger charge is -2.32. The highest BCUT2D eigenvalue weighted by Crippen LogP contribution is 2.28. The van der Waals surface area contributed by atoms with E-state index in [4.69, 9.17) is 5.21 Å². The van der Waals surface area contributed by atoms with Crippen LogP contribution in [0.3, 0.4) is 0 Å². The topological polar surface area (TPSA) is 84.9 Å². The van der Waals surface area contributed by atoms with Crippen molar-refractivity contribution in [2.75, 3.05) is 35.7 Å². The number of carbonyl (C=O) groups is 2. The van der Waals surface area contributed by atoms with Gasteiger partial charge in [-0.1, -0.05) is 12.8 Å². The van der Waals surface area contributed by atoms with Gasteiger partial charge < -0.3 is 10.2 Å². The first-order chi connectivity index (χ1) is 16.6. The average Bonchev–Trinajstić information content (AvgIpc) is 2.89. The van der Waals surface area contributed by atoms with Crippen LogP contribution in [-0.4, -0.2) is 54.3 Å². The molecule has 34 heavy (non-hydrogen) atoms. The summed E-state index contributed by atoms with van der Waals surface area (Å²) in [6.07, 6.45) is 14.2. The van der Waals surface area contributed by atoms with Gasteiger partial charge >= 0.3 is 6.03 Å². The molecule has 0 bridgehead atoms. The van der Waals surface area contributed by atoms with E-state index in [0.717, 1.165) is 75.4 Å². The van der Waals surface area contributed by atoms with Gasteiger partial charge in [-0.25, -0.2) is 10.3 Å². The molecule has 1 saturated heterocycles. The minimum Gasteiger partial charge on any atom is -0.372 e. The van der Waals surface area contributed by atoms with Gasteiger partial charge in [-0.2, -0.15) is 11.8 Å². The highest BCUT2D eigenvalue weighted by Gasteiger charge is 2.24. The highest BCUT2D eigenvalue weighted by molar-refractivity contribution is 7.99. The quantitative estimate of drug-likeness (QED) is 0.222. The van der Waals surface area contributed by atoms with Crippen LogP contribution in [0.1, 0.15) is 77.0 Å². The zero-order chi connectivity index (χ0) is 24.2. The van der Waals surface area contributed by atoms with Crippen LogP contribution >= 0.6 is 11.8 Å². The van der Waals surface area contributed by atoms with Crippen LogP contribution in [0, 0.1) is 0 Å². The van der Waals surface area contributed by atoms with Gasteiger partial charge in [-0.05, 0) is 88.3 Å². The number of unbranched alkanes of at least 4 members (excludes halogenated alkanes) is 3. The van der Waals surface area contributed by atoms with Gasteiger partial charge in [0.15, 0.2) is 0 Å². The van der Waals surface area contributed by atoms with Crippen molar-refractivity contribution in [3.05, 3.63) is 24.3 Å². The monoisotopic (exact) mass is 490 g/mol. The average molecular weight is 491 g/mol. The highest BCUT2D eigenvalue weighted by atomic mass is 32.2. The Balaban J connectivity index is 1.57. The first-order valence-electron chi connectivity index (χ1n) is 13.0. The second-order valence-electron chi connectivity index (χ2n) is 9.57. The molecule has 2 aliphatic rings. The van der Waals surface area contributed by atoms with Gasteiger partial charge in [0.05, 0.1) is 0 Å². The molecular weight excluding hydrogens is 448 g/mol. The summed E-state index contributed by atoms with van der Waals surface area (Å²) in [5.74, 6) is -0.342. The van der Waals surface area contributed by atoms with E-state index in [0.29, 0.717) is 13.0 Å². The van der Waals surface area contributed by atoms with Gasteiger partial charge in [-0.15, -0.1) is 0 Å². The number of carbonyl (C=O) groups excluding carboxylic acids is 2. The Morgan fingerprint density at radius 1 is 1.00 bits per heavy atom. The molecule has 1 aromatic rings. The molecule has 8 heteroatoms. The minimum atomic E-state index is -0.342. The molecule has 2 fully saturated rings. The maximum absolute atomic E-state index is 13.3. The van der Waals surface area contributed by atoms with Crippen molar-refractivity contribution in [2.45, 2.75) is 88.3 Å². The number of hydroxylamine groups is 1. The summed E-state index contributed by atoms with van der Waals surface area (Å²) < 4.78 is 0. The van der Waals surface area contributed by atoms with Crippen LogP contribution < -0.4 is 20.6 Å². The molecule has 190 valence electrons. The SMILES string of the molecule is CSC1CCC(NC(=O)N(CCCCCCC(=O)NO)c2ccc(N3CCCCC3)cc2)CC1. The van der Waals surface area contributed by atoms with E-state index in [1.807, 2.05) is 16.7 Å². The summed E-state index contributed by atoms with van der Waals surface area (Å²) in [6.45, 7) is 2.87. The van der Waals surface area contributed by atoms with Gasteiger partial charge in [0.2, 0.25) is 5.91 Å². The van der Waals surface area contributed by atoms with E-state index in [9.17, 15) is 9.59 Å². The number of urea groups is 1. The van der Waals surface area contributed by atoms with Crippen molar-refractivity contribution >= 4 is 35.1 Å². The molecule has 0 radical (unpaired) electrons. The maximum atomic E-state index is 13.3. The number of hydrogen-bond donors (Lipinski definition) is 3. The van der Waals surface area contributed by atoms with Crippen molar-refractivity contribution in [1.82, 2.24) is 10.8 Å². The Morgan fingerprint density at radius 3 is 2.32 bits per heavy atom. The van der Waals surface area contributed by atoms with E-state index >= 15 is 0 Å². The van der Waals surface area contributed by atoms with E-state index in [2.05, 4.69) is 40.7 Å². The molecule has 3 rings (SSSR count). The summed E-state index contributed by atoms with van der Waals surface area (Å²) in [4.78, 5) is 28.8. The molecule has 3 amide bonds. The zero-order valence-corrected chi connectivity index (χ0v) is 21.5. The largest absolute Gasteiger partial charge is 0.372 e. The molecular formula is C26H42N4O3S. The van der Waals surface area contributed by atoms with E-state index < -0.39 is 0 Å². The van der Waals surface area contributed by atoms with Crippen LogP contribution in [-0.2, 0) is 4.79 Å². The molecule has 3 N–H and O–H groups in total. The summed E-state index contributed by atoms with van der Waals surface area (Å²) in [6, 6.07) is 8.72. The number of anilines is 2. The van der Waals surface area contributed by atoms with Crippen LogP contribution in [0.4, 0.5) is 16.2 Å². The van der Waals surface area contributed by atoms with Gasteiger partial charge in [0.25, 0.3) is 0 Å². The lowest BCUT2D eigenvalue weighted by molar-refractivity contribution is -0.129. The molecule has 0 unspecified atom stereocenters. The number of benzene rings is 1. The minimum absolute atomic E-state index is 0.00187. The predicted molar refractivity (Wildman–Crippen MR) is 141 cm³/mol. The Hall–Kier alpha value is -1.93. The van der Waals surface area contributed by atoms with E-state index in [1.165, 1.54) is 24.9 Å². The second kappa shape index (κ2) is 14.5. The van der Waals surface area contributed by atoms with Gasteiger partial charge in [0, 0.05) is 48.7 Å². The molecule has 0 spiro atoms. The fourth-order valence-electron chi connectivity index (χ4n) is 5.00. The Morgan fingerprint density at radius 2 is 1.68 bits per heavy atom. The third kappa shape index (κ3) is 8.38. The summed E-state index contributed by atoms with van der Waals surface area (Å²) in [5.41, 5.74) is 3.86. The summed E-state index contributed by atoms with van der Waals surface area (Å²) in [7, 11) is 0. The molecule has 1 aromatic carbocycles. The van der Waals surface area contributed by atoms with Crippen LogP contribution in [0.15, 0.2) is 24.3 Å². The van der Waals surface area contributed by atoms with Crippen molar-refractivity contribution in [3.8, 4) is 0 Å². The van der Waals surface area contributed by atoms with Crippen LogP contribution in [0.2, 0.25) is 0 Å². The third-order valence-corrected chi connectivity index (χ3v) is 8.26. The number of nitrogens with zero attached hydrogens (tertiary/aromatic N) is 2. The first-order valence-corrected chi connectivity index (χ1v) is 14.3. The van der Waals surface area contributed by atoms with Crippen molar-refractivity contribution in [3.63, 3.8) is 0 Å². The summed E-state index contributed by atoms with van der Waals surface area (Å²) in [5, 5.41) is 12.6. The zero-order valence-electron chi connectivity index (χ0n) is 20.6. The van der Waals surface area contributed by atoms with E-state index in [1.54, 1.807) is 5.48 Å². The van der Waals surface area contributed by atoms with Crippen LogP contribution in [0.5, 0.6) is 0 Å². The Kier molecular flexibility index (Phi) is 11.3. The van der Waals surface area contributed by atoms with E-state index in [-0.39, 0.29) is 18.0 Å². The predicted octanol–water partition coefficient (Wildman–Crippen LogP) is 5.32. The second-order valence-corrected chi connectivity index (χ2v) is 10.7. The molecule has 0 atom stereocenters. The smallest absolute Gasteiger partial charge is 0.322 e. The first kappa shape index (κ1) is 26.7. The lowest BCUT2D eigenvalue weighted by atomic mass is 9.95. The fourth-order valence-corrected chi connectivity index (χ4v) is 5.75. The number of nitrogens with one attached hydrogen (secondary N) is 2. The third-order valence-electron chi connectivity index (χ3n) is 7.12. The molecule has 7 nitrogen and oxygen atoms in total. The Labute approximate surface area is 209 Å². The van der Waals surface area contributed by atoms with Gasteiger partial charge in [-0.3, -0.25) is 14.9 Å². The number of rotatable bonds is 11. The molecule has 1 aliphatic heterocycles. The molecule has 1 aliphatic carbocycles. The number of amides is 3.